The van der Waals surface area contributed by atoms with Crippen molar-refractivity contribution in [2.75, 3.05) is 13.2 Å². The predicted octanol–water partition coefficient (Wildman–Crippen LogP) is 3.68. The first-order valence-corrected chi connectivity index (χ1v) is 8.54. The maximum absolute atomic E-state index is 10.3. The van der Waals surface area contributed by atoms with Gasteiger partial charge in [-0.2, -0.15) is 0 Å². The van der Waals surface area contributed by atoms with E-state index in [4.69, 9.17) is 9.15 Å². The fraction of sp³-hybridized carbons (Fsp3) is 0.500. The Morgan fingerprint density at radius 1 is 1.21 bits per heavy atom. The van der Waals surface area contributed by atoms with Crippen LogP contribution in [-0.2, 0) is 17.9 Å². The number of ether oxygens (including phenoxy) is 1. The van der Waals surface area contributed by atoms with Gasteiger partial charge in [-0.25, -0.2) is 0 Å². The van der Waals surface area contributed by atoms with E-state index in [-0.39, 0.29) is 0 Å². The highest BCUT2D eigenvalue weighted by Crippen LogP contribution is 2.15. The highest BCUT2D eigenvalue weighted by molar-refractivity contribution is 5.30. The van der Waals surface area contributed by atoms with Gasteiger partial charge in [-0.15, -0.1) is 0 Å². The van der Waals surface area contributed by atoms with Crippen LogP contribution in [0.3, 0.4) is 0 Å². The molecule has 1 aromatic heterocycles. The molecular formula is C20H29NO3. The van der Waals surface area contributed by atoms with Crippen LogP contribution < -0.4 is 0 Å². The number of hydrogen-bond acceptors (Lipinski definition) is 4. The Morgan fingerprint density at radius 3 is 2.67 bits per heavy atom. The summed E-state index contributed by atoms with van der Waals surface area (Å²) in [5, 5.41) is 10.3. The summed E-state index contributed by atoms with van der Waals surface area (Å²) in [6.07, 6.45) is 1.10. The van der Waals surface area contributed by atoms with E-state index in [1.165, 1.54) is 16.7 Å². The van der Waals surface area contributed by atoms with Gasteiger partial charge in [0.2, 0.25) is 0 Å². The minimum Gasteiger partial charge on any atom is -0.467 e. The normalized spacial score (nSPS) is 13.0. The van der Waals surface area contributed by atoms with Crippen LogP contribution in [-0.4, -0.2) is 35.3 Å². The smallest absolute Gasteiger partial charge is 0.129 e. The van der Waals surface area contributed by atoms with Crippen LogP contribution in [0, 0.1) is 13.8 Å². The van der Waals surface area contributed by atoms with E-state index < -0.39 is 6.10 Å². The van der Waals surface area contributed by atoms with Crippen molar-refractivity contribution < 1.29 is 14.3 Å². The van der Waals surface area contributed by atoms with Gasteiger partial charge >= 0.3 is 0 Å². The molecule has 0 saturated heterocycles. The second-order valence-corrected chi connectivity index (χ2v) is 6.70. The quantitative estimate of drug-likeness (QED) is 0.761. The van der Waals surface area contributed by atoms with Crippen molar-refractivity contribution in [2.24, 2.45) is 0 Å². The molecule has 24 heavy (non-hydrogen) atoms. The molecule has 1 N–H and O–H groups in total. The third-order valence-corrected chi connectivity index (χ3v) is 4.19. The Hall–Kier alpha value is -1.62. The molecule has 0 aliphatic heterocycles. The lowest BCUT2D eigenvalue weighted by atomic mass is 10.0. The van der Waals surface area contributed by atoms with Crippen molar-refractivity contribution in [3.63, 3.8) is 0 Å². The highest BCUT2D eigenvalue weighted by atomic mass is 16.5. The lowest BCUT2D eigenvalue weighted by molar-refractivity contribution is -0.00119. The number of nitrogens with zero attached hydrogens (tertiary/aromatic N) is 1. The second-order valence-electron chi connectivity index (χ2n) is 6.70. The molecule has 0 aliphatic carbocycles. The molecule has 1 aromatic carbocycles. The SMILES string of the molecule is Cc1ccc(C)c(CN(CC(O)COCc2ccco2)C(C)C)c1. The van der Waals surface area contributed by atoms with Crippen molar-refractivity contribution in [2.45, 2.75) is 53.0 Å². The first-order chi connectivity index (χ1) is 11.5. The van der Waals surface area contributed by atoms with Gasteiger partial charge in [0.15, 0.2) is 0 Å². The summed E-state index contributed by atoms with van der Waals surface area (Å²) in [6, 6.07) is 10.6. The van der Waals surface area contributed by atoms with Gasteiger partial charge in [0, 0.05) is 19.1 Å². The largest absolute Gasteiger partial charge is 0.467 e. The molecule has 1 heterocycles. The first-order valence-electron chi connectivity index (χ1n) is 8.54. The molecule has 0 amide bonds. The van der Waals surface area contributed by atoms with E-state index in [1.807, 2.05) is 12.1 Å². The maximum atomic E-state index is 10.3. The minimum atomic E-state index is -0.521. The van der Waals surface area contributed by atoms with E-state index in [9.17, 15) is 5.11 Å². The molecule has 0 bridgehead atoms. The summed E-state index contributed by atoms with van der Waals surface area (Å²) in [6.45, 7) is 10.7. The van der Waals surface area contributed by atoms with Crippen LogP contribution in [0.1, 0.15) is 36.3 Å². The molecule has 1 atom stereocenters. The van der Waals surface area contributed by atoms with Gasteiger partial charge in [0.25, 0.3) is 0 Å². The van der Waals surface area contributed by atoms with Gasteiger partial charge in [0.1, 0.15) is 12.4 Å². The number of aliphatic hydroxyl groups excluding tert-OH is 1. The van der Waals surface area contributed by atoms with E-state index in [1.54, 1.807) is 6.26 Å². The average molecular weight is 331 g/mol. The van der Waals surface area contributed by atoms with Crippen LogP contribution in [0.15, 0.2) is 41.0 Å². The number of aliphatic hydroxyl groups is 1. The Labute approximate surface area is 145 Å². The first kappa shape index (κ1) is 18.7. The molecule has 2 aromatic rings. The van der Waals surface area contributed by atoms with Crippen LogP contribution >= 0.6 is 0 Å². The molecule has 4 nitrogen and oxygen atoms in total. The average Bonchev–Trinajstić information content (AvgIpc) is 3.03. The summed E-state index contributed by atoms with van der Waals surface area (Å²) < 4.78 is 10.8. The number of hydrogen-bond donors (Lipinski definition) is 1. The topological polar surface area (TPSA) is 45.8 Å². The molecule has 2 rings (SSSR count). The minimum absolute atomic E-state index is 0.302. The predicted molar refractivity (Wildman–Crippen MR) is 95.8 cm³/mol. The second kappa shape index (κ2) is 9.02. The summed E-state index contributed by atoms with van der Waals surface area (Å²) in [5.74, 6) is 0.776. The van der Waals surface area contributed by atoms with Gasteiger partial charge in [0.05, 0.1) is 19.0 Å². The molecule has 4 heteroatoms. The van der Waals surface area contributed by atoms with Crippen molar-refractivity contribution in [3.8, 4) is 0 Å². The van der Waals surface area contributed by atoms with Gasteiger partial charge < -0.3 is 14.3 Å². The molecule has 1 unspecified atom stereocenters. The van der Waals surface area contributed by atoms with Crippen LogP contribution in [0.25, 0.3) is 0 Å². The lowest BCUT2D eigenvalue weighted by Gasteiger charge is -2.29. The molecule has 0 saturated carbocycles. The van der Waals surface area contributed by atoms with Crippen molar-refractivity contribution in [3.05, 3.63) is 59.0 Å². The van der Waals surface area contributed by atoms with E-state index in [0.29, 0.717) is 25.8 Å². The summed E-state index contributed by atoms with van der Waals surface area (Å²) in [5.41, 5.74) is 3.86. The molecule has 132 valence electrons. The van der Waals surface area contributed by atoms with Crippen molar-refractivity contribution >= 4 is 0 Å². The summed E-state index contributed by atoms with van der Waals surface area (Å²) in [4.78, 5) is 2.28. The Bertz CT molecular complexity index is 607. The number of rotatable bonds is 9. The molecular weight excluding hydrogens is 302 g/mol. The fourth-order valence-electron chi connectivity index (χ4n) is 2.66. The maximum Gasteiger partial charge on any atom is 0.129 e. The zero-order valence-electron chi connectivity index (χ0n) is 15.2. The lowest BCUT2D eigenvalue weighted by Crippen LogP contribution is -2.39. The van der Waals surface area contributed by atoms with E-state index in [2.05, 4.69) is 50.8 Å². The zero-order valence-corrected chi connectivity index (χ0v) is 15.2. The number of furan rings is 1. The van der Waals surface area contributed by atoms with Crippen molar-refractivity contribution in [1.29, 1.82) is 0 Å². The third-order valence-electron chi connectivity index (χ3n) is 4.19. The Morgan fingerprint density at radius 2 is 2.00 bits per heavy atom. The van der Waals surface area contributed by atoms with Crippen LogP contribution in [0.4, 0.5) is 0 Å². The molecule has 0 aliphatic rings. The third kappa shape index (κ3) is 5.78. The van der Waals surface area contributed by atoms with Gasteiger partial charge in [-0.1, -0.05) is 23.8 Å². The zero-order chi connectivity index (χ0) is 17.5. The number of benzene rings is 1. The van der Waals surface area contributed by atoms with E-state index >= 15 is 0 Å². The van der Waals surface area contributed by atoms with Gasteiger partial charge in [-0.3, -0.25) is 4.90 Å². The van der Waals surface area contributed by atoms with Crippen LogP contribution in [0.5, 0.6) is 0 Å². The van der Waals surface area contributed by atoms with Crippen LogP contribution in [0.2, 0.25) is 0 Å². The monoisotopic (exact) mass is 331 g/mol. The van der Waals surface area contributed by atoms with E-state index in [0.717, 1.165) is 12.3 Å². The van der Waals surface area contributed by atoms with Gasteiger partial charge in [-0.05, 0) is 51.0 Å². The van der Waals surface area contributed by atoms with Crippen molar-refractivity contribution in [1.82, 2.24) is 4.90 Å². The Balaban J connectivity index is 1.86. The standard InChI is InChI=1S/C20H29NO3/c1-15(2)21(11-18-10-16(3)7-8-17(18)4)12-19(22)13-23-14-20-6-5-9-24-20/h5-10,15,19,22H,11-14H2,1-4H3. The summed E-state index contributed by atoms with van der Waals surface area (Å²) >= 11 is 0. The molecule has 0 radical (unpaired) electrons. The Kier molecular flexibility index (Phi) is 7.03. The molecule has 0 fully saturated rings. The highest BCUT2D eigenvalue weighted by Gasteiger charge is 2.16. The summed E-state index contributed by atoms with van der Waals surface area (Å²) in [7, 11) is 0. The molecule has 0 spiro atoms. The number of aryl methyl sites for hydroxylation is 2. The fourth-order valence-corrected chi connectivity index (χ4v) is 2.66.